The SMILES string of the molecule is CC(c1cc(F)ccc1Cl)C(C)(C)N. The van der Waals surface area contributed by atoms with E-state index in [0.717, 1.165) is 5.56 Å². The van der Waals surface area contributed by atoms with E-state index in [4.69, 9.17) is 17.3 Å². The summed E-state index contributed by atoms with van der Waals surface area (Å²) in [7, 11) is 0. The van der Waals surface area contributed by atoms with Crippen LogP contribution >= 0.6 is 11.6 Å². The van der Waals surface area contributed by atoms with Crippen LogP contribution in [0.5, 0.6) is 0 Å². The molecule has 0 saturated carbocycles. The summed E-state index contributed by atoms with van der Waals surface area (Å²) in [5.41, 5.74) is 6.31. The van der Waals surface area contributed by atoms with Gasteiger partial charge in [-0.3, -0.25) is 0 Å². The maximum Gasteiger partial charge on any atom is 0.123 e. The van der Waals surface area contributed by atoms with Crippen molar-refractivity contribution >= 4 is 11.6 Å². The molecule has 14 heavy (non-hydrogen) atoms. The Morgan fingerprint density at radius 3 is 2.50 bits per heavy atom. The Bertz CT molecular complexity index is 331. The molecular formula is C11H15ClFN. The van der Waals surface area contributed by atoms with Crippen molar-refractivity contribution in [1.29, 1.82) is 0 Å². The van der Waals surface area contributed by atoms with Gasteiger partial charge in [-0.15, -0.1) is 0 Å². The van der Waals surface area contributed by atoms with E-state index >= 15 is 0 Å². The van der Waals surface area contributed by atoms with Gasteiger partial charge in [0.05, 0.1) is 0 Å². The van der Waals surface area contributed by atoms with E-state index in [1.807, 2.05) is 20.8 Å². The number of halogens is 2. The van der Waals surface area contributed by atoms with Crippen LogP contribution in [0.25, 0.3) is 0 Å². The third kappa shape index (κ3) is 2.46. The summed E-state index contributed by atoms with van der Waals surface area (Å²) < 4.78 is 13.0. The van der Waals surface area contributed by atoms with Crippen LogP contribution in [-0.2, 0) is 0 Å². The van der Waals surface area contributed by atoms with E-state index in [1.165, 1.54) is 12.1 Å². The minimum absolute atomic E-state index is 0.0192. The Labute approximate surface area is 89.1 Å². The Kier molecular flexibility index (Phi) is 3.17. The van der Waals surface area contributed by atoms with Crippen LogP contribution in [0.2, 0.25) is 5.02 Å². The highest BCUT2D eigenvalue weighted by molar-refractivity contribution is 6.31. The van der Waals surface area contributed by atoms with Gasteiger partial charge in [0.15, 0.2) is 0 Å². The van der Waals surface area contributed by atoms with Crippen LogP contribution in [-0.4, -0.2) is 5.54 Å². The van der Waals surface area contributed by atoms with Crippen molar-refractivity contribution in [3.05, 3.63) is 34.6 Å². The average Bonchev–Trinajstić information content (AvgIpc) is 2.06. The molecule has 0 aliphatic rings. The smallest absolute Gasteiger partial charge is 0.123 e. The van der Waals surface area contributed by atoms with E-state index < -0.39 is 5.54 Å². The Morgan fingerprint density at radius 2 is 2.00 bits per heavy atom. The third-order valence-electron chi connectivity index (χ3n) is 2.54. The molecule has 1 unspecified atom stereocenters. The second kappa shape index (κ2) is 3.87. The molecule has 0 aliphatic carbocycles. The van der Waals surface area contributed by atoms with E-state index in [9.17, 15) is 4.39 Å². The highest BCUT2D eigenvalue weighted by Gasteiger charge is 2.24. The first kappa shape index (κ1) is 11.5. The molecule has 1 nitrogen and oxygen atoms in total. The fourth-order valence-corrected chi connectivity index (χ4v) is 1.53. The van der Waals surface area contributed by atoms with E-state index in [2.05, 4.69) is 0 Å². The third-order valence-corrected chi connectivity index (χ3v) is 2.88. The fraction of sp³-hybridized carbons (Fsp3) is 0.455. The molecule has 0 fully saturated rings. The van der Waals surface area contributed by atoms with Gasteiger partial charge in [0.1, 0.15) is 5.82 Å². The highest BCUT2D eigenvalue weighted by Crippen LogP contribution is 2.31. The minimum Gasteiger partial charge on any atom is -0.325 e. The molecule has 0 amide bonds. The van der Waals surface area contributed by atoms with Gasteiger partial charge in [-0.2, -0.15) is 0 Å². The summed E-state index contributed by atoms with van der Waals surface area (Å²) in [6.07, 6.45) is 0. The van der Waals surface area contributed by atoms with Crippen LogP contribution < -0.4 is 5.73 Å². The van der Waals surface area contributed by atoms with Gasteiger partial charge in [-0.25, -0.2) is 4.39 Å². The van der Waals surface area contributed by atoms with E-state index in [-0.39, 0.29) is 11.7 Å². The van der Waals surface area contributed by atoms with Crippen LogP contribution in [0.4, 0.5) is 4.39 Å². The highest BCUT2D eigenvalue weighted by atomic mass is 35.5. The molecule has 0 saturated heterocycles. The topological polar surface area (TPSA) is 26.0 Å². The van der Waals surface area contributed by atoms with Gasteiger partial charge in [0.25, 0.3) is 0 Å². The molecule has 78 valence electrons. The number of rotatable bonds is 2. The number of hydrogen-bond donors (Lipinski definition) is 1. The molecule has 0 heterocycles. The van der Waals surface area contributed by atoms with E-state index in [1.54, 1.807) is 6.07 Å². The molecule has 0 aromatic heterocycles. The molecular weight excluding hydrogens is 201 g/mol. The summed E-state index contributed by atoms with van der Waals surface area (Å²) >= 11 is 5.97. The molecule has 3 heteroatoms. The van der Waals surface area contributed by atoms with Crippen molar-refractivity contribution in [3.63, 3.8) is 0 Å². The van der Waals surface area contributed by atoms with Crippen molar-refractivity contribution in [2.24, 2.45) is 5.73 Å². The summed E-state index contributed by atoms with van der Waals surface area (Å²) in [6, 6.07) is 4.36. The van der Waals surface area contributed by atoms with Crippen LogP contribution in [0.3, 0.4) is 0 Å². The maximum absolute atomic E-state index is 13.0. The second-order valence-corrected chi connectivity index (χ2v) is 4.62. The molecule has 0 radical (unpaired) electrons. The van der Waals surface area contributed by atoms with Crippen molar-refractivity contribution in [2.75, 3.05) is 0 Å². The van der Waals surface area contributed by atoms with Crippen molar-refractivity contribution < 1.29 is 4.39 Å². The lowest BCUT2D eigenvalue weighted by Crippen LogP contribution is -2.38. The van der Waals surface area contributed by atoms with Crippen molar-refractivity contribution in [2.45, 2.75) is 32.2 Å². The van der Waals surface area contributed by atoms with Gasteiger partial charge in [-0.05, 0) is 37.6 Å². The normalized spacial score (nSPS) is 14.1. The predicted octanol–water partition coefficient (Wildman–Crippen LogP) is 3.32. The first-order chi connectivity index (χ1) is 6.32. The van der Waals surface area contributed by atoms with Gasteiger partial charge >= 0.3 is 0 Å². The second-order valence-electron chi connectivity index (χ2n) is 4.21. The first-order valence-electron chi connectivity index (χ1n) is 4.56. The quantitative estimate of drug-likeness (QED) is 0.805. The lowest BCUT2D eigenvalue weighted by Gasteiger charge is -2.28. The van der Waals surface area contributed by atoms with Crippen LogP contribution in [0, 0.1) is 5.82 Å². The predicted molar refractivity (Wildman–Crippen MR) is 58.1 cm³/mol. The minimum atomic E-state index is -0.405. The van der Waals surface area contributed by atoms with Gasteiger partial charge in [0.2, 0.25) is 0 Å². The zero-order valence-electron chi connectivity index (χ0n) is 8.64. The summed E-state index contributed by atoms with van der Waals surface area (Å²) in [6.45, 7) is 5.75. The molecule has 1 aromatic carbocycles. The molecule has 2 N–H and O–H groups in total. The standard InChI is InChI=1S/C11H15ClFN/c1-7(11(2,3)14)9-6-8(13)4-5-10(9)12/h4-7H,14H2,1-3H3. The molecule has 1 rings (SSSR count). The monoisotopic (exact) mass is 215 g/mol. The molecule has 0 spiro atoms. The van der Waals surface area contributed by atoms with Crippen molar-refractivity contribution in [3.8, 4) is 0 Å². The first-order valence-corrected chi connectivity index (χ1v) is 4.94. The lowest BCUT2D eigenvalue weighted by molar-refractivity contribution is 0.434. The molecule has 1 atom stereocenters. The summed E-state index contributed by atoms with van der Waals surface area (Å²) in [4.78, 5) is 0. The maximum atomic E-state index is 13.0. The Morgan fingerprint density at radius 1 is 1.43 bits per heavy atom. The van der Waals surface area contributed by atoms with Crippen LogP contribution in [0.15, 0.2) is 18.2 Å². The largest absolute Gasteiger partial charge is 0.325 e. The van der Waals surface area contributed by atoms with Gasteiger partial charge in [0, 0.05) is 16.5 Å². The Balaban J connectivity index is 3.12. The Hall–Kier alpha value is -0.600. The zero-order chi connectivity index (χ0) is 10.9. The zero-order valence-corrected chi connectivity index (χ0v) is 9.40. The summed E-state index contributed by atoms with van der Waals surface area (Å²) in [5.74, 6) is -0.258. The number of benzene rings is 1. The van der Waals surface area contributed by atoms with Crippen LogP contribution in [0.1, 0.15) is 32.3 Å². The molecule has 1 aromatic rings. The molecule has 0 bridgehead atoms. The summed E-state index contributed by atoms with van der Waals surface area (Å²) in [5, 5.41) is 0.567. The van der Waals surface area contributed by atoms with E-state index in [0.29, 0.717) is 5.02 Å². The van der Waals surface area contributed by atoms with Crippen molar-refractivity contribution in [1.82, 2.24) is 0 Å². The van der Waals surface area contributed by atoms with Gasteiger partial charge in [-0.1, -0.05) is 18.5 Å². The van der Waals surface area contributed by atoms with Gasteiger partial charge < -0.3 is 5.73 Å². The molecule has 0 aliphatic heterocycles. The average molecular weight is 216 g/mol. The fourth-order valence-electron chi connectivity index (χ4n) is 1.25. The lowest BCUT2D eigenvalue weighted by atomic mass is 9.84. The number of hydrogen-bond acceptors (Lipinski definition) is 1. The number of nitrogens with two attached hydrogens (primary N) is 1.